The molecular weight excluding hydrogens is 346 g/mol. The van der Waals surface area contributed by atoms with Crippen LogP contribution in [-0.2, 0) is 14.4 Å². The minimum atomic E-state index is -0.361. The van der Waals surface area contributed by atoms with Crippen molar-refractivity contribution in [1.29, 1.82) is 0 Å². The van der Waals surface area contributed by atoms with Crippen LogP contribution in [0.2, 0.25) is 5.02 Å². The summed E-state index contributed by atoms with van der Waals surface area (Å²) in [7, 11) is 1.52. The molecule has 3 amide bonds. The molecule has 0 spiro atoms. The number of anilines is 2. The van der Waals surface area contributed by atoms with Gasteiger partial charge in [-0.25, -0.2) is 5.01 Å². The van der Waals surface area contributed by atoms with Crippen LogP contribution in [0.15, 0.2) is 23.3 Å². The van der Waals surface area contributed by atoms with Crippen molar-refractivity contribution in [2.75, 3.05) is 36.9 Å². The second-order valence-electron chi connectivity index (χ2n) is 5.86. The van der Waals surface area contributed by atoms with Crippen LogP contribution in [0.1, 0.15) is 12.8 Å². The molecule has 0 bridgehead atoms. The van der Waals surface area contributed by atoms with Gasteiger partial charge >= 0.3 is 0 Å². The fourth-order valence-electron chi connectivity index (χ4n) is 2.72. The normalized spacial score (nSPS) is 17.9. The fraction of sp³-hybridized carbons (Fsp3) is 0.375. The smallest absolute Gasteiger partial charge is 0.271 e. The molecule has 1 saturated heterocycles. The number of hydrogen-bond donors (Lipinski definition) is 2. The lowest BCUT2D eigenvalue weighted by Gasteiger charge is -2.29. The Balaban J connectivity index is 1.70. The number of hydrogen-bond acceptors (Lipinski definition) is 5. The van der Waals surface area contributed by atoms with E-state index in [2.05, 4.69) is 15.7 Å². The molecule has 2 N–H and O–H groups in total. The third kappa shape index (κ3) is 3.90. The maximum atomic E-state index is 12.3. The van der Waals surface area contributed by atoms with E-state index in [1.807, 2.05) is 4.90 Å². The predicted octanol–water partition coefficient (Wildman–Crippen LogP) is 0.823. The first-order valence-electron chi connectivity index (χ1n) is 7.90. The maximum Gasteiger partial charge on any atom is 0.271 e. The molecule has 2 aliphatic rings. The minimum Gasteiger partial charge on any atom is -0.359 e. The van der Waals surface area contributed by atoms with Gasteiger partial charge in [-0.05, 0) is 18.2 Å². The van der Waals surface area contributed by atoms with Crippen molar-refractivity contribution in [2.24, 2.45) is 5.10 Å². The summed E-state index contributed by atoms with van der Waals surface area (Å²) in [6.45, 7) is 1.50. The first-order chi connectivity index (χ1) is 11.9. The van der Waals surface area contributed by atoms with E-state index in [0.29, 0.717) is 35.9 Å². The van der Waals surface area contributed by atoms with Gasteiger partial charge in [0.15, 0.2) is 0 Å². The van der Waals surface area contributed by atoms with Crippen LogP contribution in [0.4, 0.5) is 11.4 Å². The number of hydrazone groups is 1. The lowest BCUT2D eigenvalue weighted by atomic mass is 10.1. The lowest BCUT2D eigenvalue weighted by Crippen LogP contribution is -2.47. The number of nitrogens with zero attached hydrogens (tertiary/aromatic N) is 3. The van der Waals surface area contributed by atoms with Gasteiger partial charge in [-0.1, -0.05) is 11.6 Å². The van der Waals surface area contributed by atoms with Crippen LogP contribution in [0.25, 0.3) is 0 Å². The monoisotopic (exact) mass is 363 g/mol. The van der Waals surface area contributed by atoms with E-state index < -0.39 is 0 Å². The number of carbonyl (C=O) groups excluding carboxylic acids is 3. The highest BCUT2D eigenvalue weighted by Gasteiger charge is 2.23. The van der Waals surface area contributed by atoms with Gasteiger partial charge in [-0.15, -0.1) is 0 Å². The van der Waals surface area contributed by atoms with E-state index in [1.54, 1.807) is 18.2 Å². The molecule has 0 atom stereocenters. The number of benzene rings is 1. The second-order valence-corrected chi connectivity index (χ2v) is 6.26. The quantitative estimate of drug-likeness (QED) is 0.831. The van der Waals surface area contributed by atoms with E-state index in [-0.39, 0.29) is 30.7 Å². The number of piperazine rings is 1. The summed E-state index contributed by atoms with van der Waals surface area (Å²) in [5.41, 5.74) is 1.58. The molecule has 1 aromatic carbocycles. The number of halogens is 1. The van der Waals surface area contributed by atoms with E-state index in [9.17, 15) is 14.4 Å². The lowest BCUT2D eigenvalue weighted by molar-refractivity contribution is -0.130. The van der Waals surface area contributed by atoms with Crippen LogP contribution in [-0.4, -0.2) is 55.1 Å². The van der Waals surface area contributed by atoms with Gasteiger partial charge in [-0.2, -0.15) is 5.10 Å². The van der Waals surface area contributed by atoms with Crippen molar-refractivity contribution in [1.82, 2.24) is 10.3 Å². The summed E-state index contributed by atoms with van der Waals surface area (Å²) in [5, 5.41) is 11.1. The zero-order valence-electron chi connectivity index (χ0n) is 13.7. The van der Waals surface area contributed by atoms with Gasteiger partial charge in [-0.3, -0.25) is 14.4 Å². The summed E-state index contributed by atoms with van der Waals surface area (Å²) >= 11 is 6.31. The summed E-state index contributed by atoms with van der Waals surface area (Å²) in [4.78, 5) is 37.1. The molecule has 132 valence electrons. The average Bonchev–Trinajstić information content (AvgIpc) is 2.57. The molecule has 3 rings (SSSR count). The Morgan fingerprint density at radius 2 is 2.12 bits per heavy atom. The molecule has 9 heteroatoms. The molecule has 8 nitrogen and oxygen atoms in total. The van der Waals surface area contributed by atoms with Crippen LogP contribution in [0.5, 0.6) is 0 Å². The highest BCUT2D eigenvalue weighted by Crippen LogP contribution is 2.29. The molecule has 25 heavy (non-hydrogen) atoms. The van der Waals surface area contributed by atoms with Crippen LogP contribution in [0.3, 0.4) is 0 Å². The van der Waals surface area contributed by atoms with Crippen molar-refractivity contribution in [3.8, 4) is 0 Å². The van der Waals surface area contributed by atoms with Gasteiger partial charge in [0.05, 0.1) is 17.3 Å². The van der Waals surface area contributed by atoms with Gasteiger partial charge in [0.25, 0.3) is 5.91 Å². The van der Waals surface area contributed by atoms with Crippen molar-refractivity contribution >= 4 is 46.4 Å². The predicted molar refractivity (Wildman–Crippen MR) is 94.7 cm³/mol. The number of nitrogens with one attached hydrogen (secondary N) is 2. The highest BCUT2D eigenvalue weighted by molar-refractivity contribution is 6.43. The topological polar surface area (TPSA) is 94.1 Å². The summed E-state index contributed by atoms with van der Waals surface area (Å²) in [6.07, 6.45) is 0.573. The number of carbonyl (C=O) groups is 3. The van der Waals surface area contributed by atoms with Crippen LogP contribution >= 0.6 is 11.6 Å². The van der Waals surface area contributed by atoms with Crippen molar-refractivity contribution in [2.45, 2.75) is 12.8 Å². The van der Waals surface area contributed by atoms with Gasteiger partial charge < -0.3 is 15.5 Å². The van der Waals surface area contributed by atoms with Crippen molar-refractivity contribution in [3.63, 3.8) is 0 Å². The van der Waals surface area contributed by atoms with Crippen molar-refractivity contribution < 1.29 is 14.4 Å². The molecule has 0 radical (unpaired) electrons. The minimum absolute atomic E-state index is 0.0475. The third-order valence-electron chi connectivity index (χ3n) is 4.05. The molecule has 0 aromatic heterocycles. The second kappa shape index (κ2) is 7.10. The summed E-state index contributed by atoms with van der Waals surface area (Å²) < 4.78 is 0. The van der Waals surface area contributed by atoms with Crippen LogP contribution < -0.4 is 15.5 Å². The average molecular weight is 364 g/mol. The van der Waals surface area contributed by atoms with Crippen LogP contribution in [0, 0.1) is 0 Å². The Bertz CT molecular complexity index is 764. The van der Waals surface area contributed by atoms with Crippen molar-refractivity contribution in [3.05, 3.63) is 23.2 Å². The Morgan fingerprint density at radius 1 is 1.32 bits per heavy atom. The molecule has 1 fully saturated rings. The van der Waals surface area contributed by atoms with Gasteiger partial charge in [0, 0.05) is 38.7 Å². The first kappa shape index (κ1) is 17.2. The first-order valence-corrected chi connectivity index (χ1v) is 8.28. The molecule has 2 heterocycles. The Labute approximate surface area is 149 Å². The van der Waals surface area contributed by atoms with E-state index >= 15 is 0 Å². The molecular formula is C16H18ClN5O3. The molecule has 0 saturated carbocycles. The zero-order valence-corrected chi connectivity index (χ0v) is 14.5. The Hall–Kier alpha value is -2.61. The molecule has 1 aromatic rings. The number of rotatable bonds is 3. The molecule has 0 unspecified atom stereocenters. The standard InChI is InChI=1S/C16H18ClN5O3/c1-21-15(24)5-3-12(20-21)16(25)19-10-2-4-13(11(17)8-10)22-7-6-18-14(23)9-22/h2,4,8H,3,5-7,9H2,1H3,(H,18,23)(H,19,25). The molecule has 0 aliphatic carbocycles. The van der Waals surface area contributed by atoms with Gasteiger partial charge in [0.2, 0.25) is 11.8 Å². The van der Waals surface area contributed by atoms with Gasteiger partial charge in [0.1, 0.15) is 5.71 Å². The largest absolute Gasteiger partial charge is 0.359 e. The SMILES string of the molecule is CN1N=C(C(=O)Nc2ccc(N3CCNC(=O)C3)c(Cl)c2)CCC1=O. The van der Waals surface area contributed by atoms with E-state index in [1.165, 1.54) is 12.1 Å². The summed E-state index contributed by atoms with van der Waals surface area (Å²) in [5.74, 6) is -0.524. The fourth-order valence-corrected chi connectivity index (χ4v) is 3.02. The van der Waals surface area contributed by atoms with E-state index in [4.69, 9.17) is 11.6 Å². The maximum absolute atomic E-state index is 12.3. The number of amides is 3. The highest BCUT2D eigenvalue weighted by atomic mass is 35.5. The Kier molecular flexibility index (Phi) is 4.89. The zero-order chi connectivity index (χ0) is 18.0. The molecule has 2 aliphatic heterocycles. The summed E-state index contributed by atoms with van der Waals surface area (Å²) in [6, 6.07) is 5.14. The Morgan fingerprint density at radius 3 is 2.80 bits per heavy atom. The van der Waals surface area contributed by atoms with E-state index in [0.717, 1.165) is 5.69 Å². The third-order valence-corrected chi connectivity index (χ3v) is 4.36.